The van der Waals surface area contributed by atoms with Crippen molar-refractivity contribution in [3.05, 3.63) is 66.4 Å². The van der Waals surface area contributed by atoms with Crippen molar-refractivity contribution in [1.29, 1.82) is 0 Å². The summed E-state index contributed by atoms with van der Waals surface area (Å²) in [7, 11) is 1.66. The van der Waals surface area contributed by atoms with Crippen LogP contribution >= 0.6 is 11.5 Å². The molecule has 1 unspecified atom stereocenters. The Kier molecular flexibility index (Phi) is 5.91. The van der Waals surface area contributed by atoms with Crippen molar-refractivity contribution >= 4 is 35.2 Å². The Bertz CT molecular complexity index is 1370. The van der Waals surface area contributed by atoms with Crippen LogP contribution in [0.25, 0.3) is 21.7 Å². The number of nitrogens with one attached hydrogen (secondary N) is 1. The van der Waals surface area contributed by atoms with Crippen molar-refractivity contribution in [2.45, 2.75) is 25.4 Å². The van der Waals surface area contributed by atoms with Gasteiger partial charge >= 0.3 is 0 Å². The lowest BCUT2D eigenvalue weighted by Gasteiger charge is -2.29. The third-order valence-corrected chi connectivity index (χ3v) is 6.64. The van der Waals surface area contributed by atoms with Crippen LogP contribution in [0.4, 0.5) is 0 Å². The van der Waals surface area contributed by atoms with Crippen LogP contribution in [0.15, 0.2) is 60.6 Å². The number of hydrogen-bond acceptors (Lipinski definition) is 9. The minimum atomic E-state index is -0.994. The molecule has 2 aliphatic rings. The number of pyridine rings is 1. The van der Waals surface area contributed by atoms with Gasteiger partial charge in [0.15, 0.2) is 5.82 Å². The quantitative estimate of drug-likeness (QED) is 0.521. The maximum Gasteiger partial charge on any atom is 0.277 e. The molecule has 1 atom stereocenters. The number of likely N-dealkylation sites (N-methyl/N-ethyl adjacent to an activating group) is 1. The normalized spacial score (nSPS) is 18.0. The van der Waals surface area contributed by atoms with Crippen LogP contribution in [0.5, 0.6) is 0 Å². The van der Waals surface area contributed by atoms with Gasteiger partial charge in [-0.1, -0.05) is 18.2 Å². The van der Waals surface area contributed by atoms with Gasteiger partial charge < -0.3 is 4.90 Å². The van der Waals surface area contributed by atoms with Gasteiger partial charge in [-0.2, -0.15) is 4.37 Å². The lowest BCUT2D eigenvalue weighted by Crippen LogP contribution is -2.54. The van der Waals surface area contributed by atoms with E-state index in [0.29, 0.717) is 5.82 Å². The molecular weight excluding hydrogens is 468 g/mol. The van der Waals surface area contributed by atoms with Crippen molar-refractivity contribution in [3.8, 4) is 21.7 Å². The average Bonchev–Trinajstić information content (AvgIpc) is 3.44. The Morgan fingerprint density at radius 2 is 1.86 bits per heavy atom. The Balaban J connectivity index is 1.29. The molecule has 1 saturated heterocycles. The zero-order chi connectivity index (χ0) is 24.5. The van der Waals surface area contributed by atoms with Crippen LogP contribution < -0.4 is 5.32 Å². The first kappa shape index (κ1) is 22.5. The standard InChI is InChI=1S/C24H20N6O4S/c1-29(18-12-21(32)30(24(18)34)17-5-6-20(31)27-22(17)33)13-19-26-23(35-28-19)16-4-2-3-15(11-16)14-7-9-25-10-8-14/h2-4,7-12,17H,5-6,13H2,1H3,(H,27,31,33). The van der Waals surface area contributed by atoms with E-state index in [1.54, 1.807) is 24.3 Å². The zero-order valence-corrected chi connectivity index (χ0v) is 19.5. The van der Waals surface area contributed by atoms with E-state index < -0.39 is 29.7 Å². The SMILES string of the molecule is CN(Cc1nsc(-c2cccc(-c3ccncc3)c2)n1)C1=CC(=O)N(C2CCC(=O)NC2=O)C1=O. The Labute approximate surface area is 204 Å². The number of benzene rings is 1. The maximum absolute atomic E-state index is 13.0. The number of piperidine rings is 1. The molecule has 2 aliphatic heterocycles. The zero-order valence-electron chi connectivity index (χ0n) is 18.7. The van der Waals surface area contributed by atoms with Crippen LogP contribution in [-0.4, -0.2) is 60.9 Å². The topological polar surface area (TPSA) is 125 Å². The van der Waals surface area contributed by atoms with E-state index in [9.17, 15) is 19.2 Å². The minimum Gasteiger partial charge on any atom is -0.362 e. The molecule has 1 fully saturated rings. The van der Waals surface area contributed by atoms with E-state index in [-0.39, 0.29) is 25.1 Å². The second-order valence-electron chi connectivity index (χ2n) is 8.20. The highest BCUT2D eigenvalue weighted by Gasteiger charge is 2.43. The number of carbonyl (C=O) groups excluding carboxylic acids is 4. The first-order chi connectivity index (χ1) is 16.9. The van der Waals surface area contributed by atoms with E-state index in [1.807, 2.05) is 36.4 Å². The molecule has 1 aromatic carbocycles. The highest BCUT2D eigenvalue weighted by molar-refractivity contribution is 7.09. The summed E-state index contributed by atoms with van der Waals surface area (Å²) in [5.41, 5.74) is 3.15. The van der Waals surface area contributed by atoms with Crippen molar-refractivity contribution in [2.24, 2.45) is 0 Å². The first-order valence-corrected chi connectivity index (χ1v) is 11.7. The molecule has 4 heterocycles. The van der Waals surface area contributed by atoms with Gasteiger partial charge in [0.25, 0.3) is 11.8 Å². The van der Waals surface area contributed by atoms with Gasteiger partial charge in [0, 0.05) is 37.5 Å². The number of rotatable bonds is 6. The van der Waals surface area contributed by atoms with Crippen molar-refractivity contribution in [3.63, 3.8) is 0 Å². The molecule has 5 rings (SSSR count). The number of amides is 4. The summed E-state index contributed by atoms with van der Waals surface area (Å²) in [4.78, 5) is 60.2. The highest BCUT2D eigenvalue weighted by atomic mass is 32.1. The van der Waals surface area contributed by atoms with Gasteiger partial charge in [-0.25, -0.2) is 4.98 Å². The second kappa shape index (κ2) is 9.18. The summed E-state index contributed by atoms with van der Waals surface area (Å²) in [5.74, 6) is -1.70. The highest BCUT2D eigenvalue weighted by Crippen LogP contribution is 2.28. The summed E-state index contributed by atoms with van der Waals surface area (Å²) >= 11 is 1.25. The smallest absolute Gasteiger partial charge is 0.277 e. The maximum atomic E-state index is 13.0. The fourth-order valence-electron chi connectivity index (χ4n) is 4.08. The predicted molar refractivity (Wildman–Crippen MR) is 126 cm³/mol. The summed E-state index contributed by atoms with van der Waals surface area (Å²) in [6.07, 6.45) is 4.88. The Hall–Kier alpha value is -4.25. The molecule has 35 heavy (non-hydrogen) atoms. The molecule has 0 saturated carbocycles. The van der Waals surface area contributed by atoms with E-state index in [0.717, 1.165) is 26.6 Å². The number of nitrogens with zero attached hydrogens (tertiary/aromatic N) is 5. The number of carbonyl (C=O) groups is 4. The molecule has 176 valence electrons. The molecule has 3 aromatic rings. The van der Waals surface area contributed by atoms with Crippen LogP contribution in [-0.2, 0) is 25.7 Å². The monoisotopic (exact) mass is 488 g/mol. The molecule has 0 aliphatic carbocycles. The summed E-state index contributed by atoms with van der Waals surface area (Å²) in [6, 6.07) is 10.8. The van der Waals surface area contributed by atoms with Gasteiger partial charge in [-0.15, -0.1) is 0 Å². The fraction of sp³-hybridized carbons (Fsp3) is 0.208. The van der Waals surface area contributed by atoms with E-state index in [1.165, 1.54) is 17.6 Å². The molecule has 0 spiro atoms. The van der Waals surface area contributed by atoms with E-state index in [4.69, 9.17) is 0 Å². The van der Waals surface area contributed by atoms with Crippen LogP contribution in [0.2, 0.25) is 0 Å². The van der Waals surface area contributed by atoms with Crippen molar-refractivity contribution in [1.82, 2.24) is 29.5 Å². The third-order valence-electron chi connectivity index (χ3n) is 5.84. The summed E-state index contributed by atoms with van der Waals surface area (Å²) in [6.45, 7) is 0.203. The molecule has 0 bridgehead atoms. The summed E-state index contributed by atoms with van der Waals surface area (Å²) in [5, 5.41) is 2.92. The number of imide groups is 2. The summed E-state index contributed by atoms with van der Waals surface area (Å²) < 4.78 is 4.42. The number of hydrogen-bond donors (Lipinski definition) is 1. The van der Waals surface area contributed by atoms with Gasteiger partial charge in [-0.3, -0.25) is 34.4 Å². The molecule has 11 heteroatoms. The molecule has 2 aromatic heterocycles. The molecule has 10 nitrogen and oxygen atoms in total. The molecule has 1 N–H and O–H groups in total. The second-order valence-corrected chi connectivity index (χ2v) is 8.95. The van der Waals surface area contributed by atoms with Gasteiger partial charge in [0.1, 0.15) is 16.7 Å². The van der Waals surface area contributed by atoms with Gasteiger partial charge in [-0.05, 0) is 47.3 Å². The van der Waals surface area contributed by atoms with E-state index >= 15 is 0 Å². The number of aromatic nitrogens is 3. The van der Waals surface area contributed by atoms with Crippen molar-refractivity contribution in [2.75, 3.05) is 7.05 Å². The van der Waals surface area contributed by atoms with E-state index in [2.05, 4.69) is 19.7 Å². The predicted octanol–water partition coefficient (Wildman–Crippen LogP) is 1.76. The lowest BCUT2D eigenvalue weighted by molar-refractivity contribution is -0.150. The Morgan fingerprint density at radius 1 is 1.09 bits per heavy atom. The minimum absolute atomic E-state index is 0.0759. The first-order valence-electron chi connectivity index (χ1n) is 10.9. The van der Waals surface area contributed by atoms with Crippen LogP contribution in [0, 0.1) is 0 Å². The molecular formula is C24H20N6O4S. The van der Waals surface area contributed by atoms with Crippen LogP contribution in [0.1, 0.15) is 18.7 Å². The van der Waals surface area contributed by atoms with Gasteiger partial charge in [0.2, 0.25) is 11.8 Å². The average molecular weight is 489 g/mol. The largest absolute Gasteiger partial charge is 0.362 e. The lowest BCUT2D eigenvalue weighted by atomic mass is 10.0. The molecule has 4 amide bonds. The van der Waals surface area contributed by atoms with Crippen LogP contribution in [0.3, 0.4) is 0 Å². The molecule has 0 radical (unpaired) electrons. The van der Waals surface area contributed by atoms with Crippen molar-refractivity contribution < 1.29 is 19.2 Å². The van der Waals surface area contributed by atoms with Gasteiger partial charge in [0.05, 0.1) is 6.54 Å². The third kappa shape index (κ3) is 4.45. The fourth-order valence-corrected chi connectivity index (χ4v) is 4.75. The Morgan fingerprint density at radius 3 is 2.63 bits per heavy atom.